The summed E-state index contributed by atoms with van der Waals surface area (Å²) in [5, 5.41) is 10.8. The van der Waals surface area contributed by atoms with E-state index in [1.165, 1.54) is 28.8 Å². The van der Waals surface area contributed by atoms with Gasteiger partial charge in [0, 0.05) is 17.5 Å². The van der Waals surface area contributed by atoms with Gasteiger partial charge in [-0.05, 0) is 84.0 Å². The van der Waals surface area contributed by atoms with Crippen LogP contribution in [-0.2, 0) is 6.67 Å². The van der Waals surface area contributed by atoms with E-state index in [1.54, 1.807) is 4.68 Å². The Labute approximate surface area is 156 Å². The van der Waals surface area contributed by atoms with Crippen LogP contribution in [0.4, 0.5) is 0 Å². The molecule has 5 nitrogen and oxygen atoms in total. The molecule has 0 radical (unpaired) electrons. The molecule has 7 heteroatoms. The Hall–Kier alpha value is -1.83. The highest BCUT2D eigenvalue weighted by molar-refractivity contribution is 7.71. The lowest BCUT2D eigenvalue weighted by Crippen LogP contribution is -2.26. The maximum absolute atomic E-state index is 5.64. The van der Waals surface area contributed by atoms with Gasteiger partial charge in [0.25, 0.3) is 0 Å². The van der Waals surface area contributed by atoms with Crippen LogP contribution in [0.5, 0.6) is 0 Å². The van der Waals surface area contributed by atoms with Crippen molar-refractivity contribution >= 4 is 23.6 Å². The van der Waals surface area contributed by atoms with Crippen molar-refractivity contribution in [3.63, 3.8) is 0 Å². The third-order valence-electron chi connectivity index (χ3n) is 4.64. The first-order valence-corrected chi connectivity index (χ1v) is 9.79. The van der Waals surface area contributed by atoms with Crippen LogP contribution in [0.15, 0.2) is 35.7 Å². The molecule has 0 aliphatic carbocycles. The number of likely N-dealkylation sites (tertiary alicyclic amines) is 1. The van der Waals surface area contributed by atoms with Gasteiger partial charge in [0.2, 0.25) is 4.77 Å². The summed E-state index contributed by atoms with van der Waals surface area (Å²) in [4.78, 5) is 3.87. The lowest BCUT2D eigenvalue weighted by Gasteiger charge is -2.22. The minimum atomic E-state index is 0.466. The van der Waals surface area contributed by atoms with Crippen LogP contribution >= 0.6 is 23.6 Å². The second kappa shape index (κ2) is 6.82. The molecule has 0 bridgehead atoms. The first-order chi connectivity index (χ1) is 12.1. The molecular weight excluding hydrogens is 350 g/mol. The van der Waals surface area contributed by atoms with E-state index in [0.717, 1.165) is 12.2 Å². The zero-order valence-corrected chi connectivity index (χ0v) is 16.1. The van der Waals surface area contributed by atoms with Crippen LogP contribution in [0.2, 0.25) is 0 Å². The van der Waals surface area contributed by atoms with E-state index in [4.69, 9.17) is 12.2 Å². The van der Waals surface area contributed by atoms with Crippen molar-refractivity contribution in [3.05, 3.63) is 56.5 Å². The van der Waals surface area contributed by atoms with E-state index in [2.05, 4.69) is 64.9 Å². The van der Waals surface area contributed by atoms with Gasteiger partial charge < -0.3 is 0 Å². The predicted octanol–water partition coefficient (Wildman–Crippen LogP) is 4.27. The van der Waals surface area contributed by atoms with Crippen molar-refractivity contribution < 1.29 is 0 Å². The summed E-state index contributed by atoms with van der Waals surface area (Å²) in [5.41, 5.74) is 3.37. The SMILES string of the molecule is Cc1cc(C)cc(-n2nnn(CN3CCC[C@H]3c3cccs3)c2=S)c1. The number of benzene rings is 1. The molecule has 0 N–H and O–H groups in total. The van der Waals surface area contributed by atoms with Crippen LogP contribution in [-0.4, -0.2) is 31.2 Å². The van der Waals surface area contributed by atoms with Crippen LogP contribution in [0.3, 0.4) is 0 Å². The third-order valence-corrected chi connectivity index (χ3v) is 6.00. The van der Waals surface area contributed by atoms with E-state index >= 15 is 0 Å². The molecule has 1 aliphatic rings. The Morgan fingerprint density at radius 1 is 1.20 bits per heavy atom. The van der Waals surface area contributed by atoms with Crippen molar-refractivity contribution in [2.45, 2.75) is 39.4 Å². The summed E-state index contributed by atoms with van der Waals surface area (Å²) in [6, 6.07) is 11.1. The maximum atomic E-state index is 5.64. The lowest BCUT2D eigenvalue weighted by molar-refractivity contribution is 0.190. The maximum Gasteiger partial charge on any atom is 0.221 e. The van der Waals surface area contributed by atoms with Crippen molar-refractivity contribution in [2.75, 3.05) is 6.54 Å². The lowest BCUT2D eigenvalue weighted by atomic mass is 10.1. The average molecular weight is 372 g/mol. The van der Waals surface area contributed by atoms with Crippen molar-refractivity contribution in [1.29, 1.82) is 0 Å². The molecule has 130 valence electrons. The Morgan fingerprint density at radius 3 is 2.72 bits per heavy atom. The van der Waals surface area contributed by atoms with Crippen LogP contribution in [0.25, 0.3) is 5.69 Å². The van der Waals surface area contributed by atoms with E-state index in [9.17, 15) is 0 Å². The average Bonchev–Trinajstić information content (AvgIpc) is 3.29. The Kier molecular flexibility index (Phi) is 4.54. The van der Waals surface area contributed by atoms with Crippen LogP contribution in [0.1, 0.15) is 34.9 Å². The Morgan fingerprint density at radius 2 is 2.00 bits per heavy atom. The molecular formula is C18H21N5S2. The summed E-state index contributed by atoms with van der Waals surface area (Å²) >= 11 is 7.47. The van der Waals surface area contributed by atoms with E-state index < -0.39 is 0 Å². The van der Waals surface area contributed by atoms with Gasteiger partial charge in [0.1, 0.15) is 0 Å². The van der Waals surface area contributed by atoms with Gasteiger partial charge in [0.15, 0.2) is 0 Å². The minimum Gasteiger partial charge on any atom is -0.276 e. The normalized spacial score (nSPS) is 18.1. The smallest absolute Gasteiger partial charge is 0.221 e. The van der Waals surface area contributed by atoms with Gasteiger partial charge >= 0.3 is 0 Å². The summed E-state index contributed by atoms with van der Waals surface area (Å²) in [6.45, 7) is 5.92. The molecule has 0 saturated carbocycles. The summed E-state index contributed by atoms with van der Waals surface area (Å²) in [7, 11) is 0. The molecule has 3 aromatic rings. The molecule has 0 unspecified atom stereocenters. The molecule has 1 saturated heterocycles. The fourth-order valence-corrected chi connectivity index (χ4v) is 4.70. The van der Waals surface area contributed by atoms with E-state index in [1.807, 2.05) is 16.0 Å². The van der Waals surface area contributed by atoms with Gasteiger partial charge in [-0.15, -0.1) is 11.3 Å². The topological polar surface area (TPSA) is 38.9 Å². The number of tetrazole rings is 1. The van der Waals surface area contributed by atoms with Crippen LogP contribution < -0.4 is 0 Å². The van der Waals surface area contributed by atoms with Crippen molar-refractivity contribution in [2.24, 2.45) is 0 Å². The third kappa shape index (κ3) is 3.31. The molecule has 25 heavy (non-hydrogen) atoms. The molecule has 0 spiro atoms. The Balaban J connectivity index is 1.60. The second-order valence-electron chi connectivity index (χ2n) is 6.65. The number of aryl methyl sites for hydroxylation is 2. The number of aromatic nitrogens is 4. The number of rotatable bonds is 4. The summed E-state index contributed by atoms with van der Waals surface area (Å²) in [6.07, 6.45) is 2.40. The molecule has 0 amide bonds. The largest absolute Gasteiger partial charge is 0.276 e. The molecule has 1 fully saturated rings. The standard InChI is InChI=1S/C18H21N5S2/c1-13-9-14(2)11-15(10-13)23-18(24)22(19-20-23)12-21-7-3-5-16(21)17-6-4-8-25-17/h4,6,8-11,16H,3,5,7,12H2,1-2H3/t16-/m0/s1. The number of nitrogens with zero attached hydrogens (tertiary/aromatic N) is 5. The highest BCUT2D eigenvalue weighted by Crippen LogP contribution is 2.34. The Bertz CT molecular complexity index is 905. The molecule has 3 heterocycles. The second-order valence-corrected chi connectivity index (χ2v) is 7.99. The zero-order chi connectivity index (χ0) is 17.4. The van der Waals surface area contributed by atoms with Gasteiger partial charge in [-0.25, -0.2) is 4.68 Å². The monoisotopic (exact) mass is 371 g/mol. The first kappa shape index (κ1) is 16.6. The molecule has 1 aliphatic heterocycles. The van der Waals surface area contributed by atoms with Gasteiger partial charge in [-0.1, -0.05) is 12.1 Å². The zero-order valence-electron chi connectivity index (χ0n) is 14.4. The first-order valence-electron chi connectivity index (χ1n) is 8.51. The fraction of sp³-hybridized carbons (Fsp3) is 0.389. The molecule has 1 atom stereocenters. The number of hydrogen-bond donors (Lipinski definition) is 0. The quantitative estimate of drug-likeness (QED) is 0.642. The molecule has 2 aromatic heterocycles. The fourth-order valence-electron chi connectivity index (χ4n) is 3.57. The number of hydrogen-bond acceptors (Lipinski definition) is 5. The van der Waals surface area contributed by atoms with Gasteiger partial charge in [-0.3, -0.25) is 4.90 Å². The predicted molar refractivity (Wildman–Crippen MR) is 103 cm³/mol. The van der Waals surface area contributed by atoms with Crippen molar-refractivity contribution in [1.82, 2.24) is 24.7 Å². The minimum absolute atomic E-state index is 0.466. The summed E-state index contributed by atoms with van der Waals surface area (Å²) in [5.74, 6) is 0. The number of thiophene rings is 1. The van der Waals surface area contributed by atoms with E-state index in [-0.39, 0.29) is 0 Å². The highest BCUT2D eigenvalue weighted by atomic mass is 32.1. The van der Waals surface area contributed by atoms with Crippen LogP contribution in [0, 0.1) is 18.6 Å². The van der Waals surface area contributed by atoms with Gasteiger partial charge in [-0.2, -0.15) is 4.68 Å². The molecule has 4 rings (SSSR count). The van der Waals surface area contributed by atoms with Gasteiger partial charge in [0.05, 0.1) is 12.4 Å². The van der Waals surface area contributed by atoms with Crippen molar-refractivity contribution in [3.8, 4) is 5.69 Å². The molecule has 1 aromatic carbocycles. The summed E-state index contributed by atoms with van der Waals surface area (Å²) < 4.78 is 4.23. The van der Waals surface area contributed by atoms with E-state index in [0.29, 0.717) is 17.5 Å². The highest BCUT2D eigenvalue weighted by Gasteiger charge is 2.27.